The van der Waals surface area contributed by atoms with Crippen molar-refractivity contribution < 1.29 is 12.9 Å². The second-order valence-corrected chi connectivity index (χ2v) is 7.40. The fourth-order valence-corrected chi connectivity index (χ4v) is 2.80. The first-order valence-corrected chi connectivity index (χ1v) is 9.60. The van der Waals surface area contributed by atoms with E-state index in [-0.39, 0.29) is 24.0 Å². The molecular weight excluding hydrogens is 469 g/mol. The van der Waals surface area contributed by atoms with Crippen molar-refractivity contribution in [1.82, 2.24) is 15.8 Å². The van der Waals surface area contributed by atoms with Crippen molar-refractivity contribution in [1.29, 1.82) is 0 Å². The van der Waals surface area contributed by atoms with Crippen LogP contribution in [0, 0.1) is 13.8 Å². The summed E-state index contributed by atoms with van der Waals surface area (Å²) in [6.07, 6.45) is 1.12. The van der Waals surface area contributed by atoms with E-state index >= 15 is 0 Å². The fraction of sp³-hybridized carbons (Fsp3) is 0.375. The minimum Gasteiger partial charge on any atom is -0.361 e. The lowest BCUT2D eigenvalue weighted by Crippen LogP contribution is -2.36. The molecule has 1 aromatic heterocycles. The first kappa shape index (κ1) is 22.2. The number of nitrogens with one attached hydrogen (secondary N) is 3. The summed E-state index contributed by atoms with van der Waals surface area (Å²) in [4.78, 5) is 4.18. The SMILES string of the molecule is CN=C(NCc1ccc(NS(C)(=O)=O)cc1)NCc1c(C)noc1C.I. The predicted octanol–water partition coefficient (Wildman–Crippen LogP) is 2.15. The number of aryl methyl sites for hydroxylation is 2. The predicted molar refractivity (Wildman–Crippen MR) is 113 cm³/mol. The molecule has 26 heavy (non-hydrogen) atoms. The van der Waals surface area contributed by atoms with Gasteiger partial charge in [-0.15, -0.1) is 24.0 Å². The van der Waals surface area contributed by atoms with Crippen LogP contribution < -0.4 is 15.4 Å². The molecule has 10 heteroatoms. The third kappa shape index (κ3) is 6.83. The Hall–Kier alpha value is -1.82. The zero-order chi connectivity index (χ0) is 18.4. The number of sulfonamides is 1. The lowest BCUT2D eigenvalue weighted by atomic mass is 10.2. The van der Waals surface area contributed by atoms with Crippen molar-refractivity contribution in [3.05, 3.63) is 46.8 Å². The molecular formula is C16H24IN5O3S. The average molecular weight is 493 g/mol. The lowest BCUT2D eigenvalue weighted by Gasteiger charge is -2.12. The standard InChI is InChI=1S/C16H23N5O3S.HI/c1-11-15(12(2)24-20-11)10-19-16(17-3)18-9-13-5-7-14(8-6-13)21-25(4,22)23;/h5-8,21H,9-10H2,1-4H3,(H2,17,18,19);1H. The molecule has 3 N–H and O–H groups in total. The van der Waals surface area contributed by atoms with E-state index in [2.05, 4.69) is 25.5 Å². The maximum atomic E-state index is 11.2. The van der Waals surface area contributed by atoms with Gasteiger partial charge in [0.15, 0.2) is 5.96 Å². The van der Waals surface area contributed by atoms with E-state index in [9.17, 15) is 8.42 Å². The summed E-state index contributed by atoms with van der Waals surface area (Å²) in [6, 6.07) is 7.14. The third-order valence-electron chi connectivity index (χ3n) is 3.55. The van der Waals surface area contributed by atoms with Crippen molar-refractivity contribution in [3.8, 4) is 0 Å². The molecule has 0 bridgehead atoms. The summed E-state index contributed by atoms with van der Waals surface area (Å²) in [5.41, 5.74) is 3.40. The largest absolute Gasteiger partial charge is 0.361 e. The van der Waals surface area contributed by atoms with E-state index in [0.29, 0.717) is 24.7 Å². The van der Waals surface area contributed by atoms with Crippen LogP contribution in [0.3, 0.4) is 0 Å². The zero-order valence-electron chi connectivity index (χ0n) is 15.2. The third-order valence-corrected chi connectivity index (χ3v) is 4.16. The monoisotopic (exact) mass is 493 g/mol. The van der Waals surface area contributed by atoms with Gasteiger partial charge in [0.25, 0.3) is 0 Å². The summed E-state index contributed by atoms with van der Waals surface area (Å²) in [5, 5.41) is 10.3. The number of hydrogen-bond donors (Lipinski definition) is 3. The zero-order valence-corrected chi connectivity index (χ0v) is 18.3. The van der Waals surface area contributed by atoms with E-state index in [4.69, 9.17) is 4.52 Å². The molecule has 0 aliphatic heterocycles. The average Bonchev–Trinajstić information content (AvgIpc) is 2.86. The molecule has 0 saturated carbocycles. The summed E-state index contributed by atoms with van der Waals surface area (Å²) in [6.45, 7) is 4.90. The second kappa shape index (κ2) is 9.76. The Morgan fingerprint density at radius 2 is 1.77 bits per heavy atom. The van der Waals surface area contributed by atoms with E-state index in [1.807, 2.05) is 26.0 Å². The van der Waals surface area contributed by atoms with Gasteiger partial charge in [-0.25, -0.2) is 8.42 Å². The van der Waals surface area contributed by atoms with Crippen LogP contribution in [0.2, 0.25) is 0 Å². The van der Waals surface area contributed by atoms with Crippen molar-refractivity contribution >= 4 is 45.6 Å². The highest BCUT2D eigenvalue weighted by Crippen LogP contribution is 2.12. The Bertz CT molecular complexity index is 828. The van der Waals surface area contributed by atoms with Gasteiger partial charge < -0.3 is 15.2 Å². The van der Waals surface area contributed by atoms with Crippen molar-refractivity contribution in [2.24, 2.45) is 4.99 Å². The van der Waals surface area contributed by atoms with Crippen molar-refractivity contribution in [2.75, 3.05) is 18.0 Å². The van der Waals surface area contributed by atoms with Crippen LogP contribution in [0.15, 0.2) is 33.8 Å². The van der Waals surface area contributed by atoms with Crippen LogP contribution in [-0.4, -0.2) is 32.8 Å². The van der Waals surface area contributed by atoms with Crippen LogP contribution in [0.4, 0.5) is 5.69 Å². The molecule has 0 saturated heterocycles. The fourth-order valence-electron chi connectivity index (χ4n) is 2.24. The van der Waals surface area contributed by atoms with Crippen molar-refractivity contribution in [2.45, 2.75) is 26.9 Å². The maximum absolute atomic E-state index is 11.2. The molecule has 8 nitrogen and oxygen atoms in total. The Balaban J connectivity index is 0.00000338. The van der Waals surface area contributed by atoms with Gasteiger partial charge in [-0.1, -0.05) is 17.3 Å². The second-order valence-electron chi connectivity index (χ2n) is 5.65. The molecule has 0 aliphatic rings. The summed E-state index contributed by atoms with van der Waals surface area (Å²) < 4.78 is 30.0. The summed E-state index contributed by atoms with van der Waals surface area (Å²) in [5.74, 6) is 1.44. The Morgan fingerprint density at radius 1 is 1.15 bits per heavy atom. The van der Waals surface area contributed by atoms with Gasteiger partial charge in [0.05, 0.1) is 11.9 Å². The van der Waals surface area contributed by atoms with Gasteiger partial charge in [0, 0.05) is 31.4 Å². The number of nitrogens with zero attached hydrogens (tertiary/aromatic N) is 2. The number of anilines is 1. The normalized spacial score (nSPS) is 11.6. The van der Waals surface area contributed by atoms with Crippen LogP contribution in [-0.2, 0) is 23.1 Å². The topological polar surface area (TPSA) is 109 Å². The van der Waals surface area contributed by atoms with Crippen LogP contribution >= 0.6 is 24.0 Å². The smallest absolute Gasteiger partial charge is 0.229 e. The van der Waals surface area contributed by atoms with Gasteiger partial charge in [0.1, 0.15) is 5.76 Å². The van der Waals surface area contributed by atoms with E-state index in [1.54, 1.807) is 19.2 Å². The molecule has 0 spiro atoms. The van der Waals surface area contributed by atoms with Gasteiger partial charge in [-0.2, -0.15) is 0 Å². The summed E-state index contributed by atoms with van der Waals surface area (Å²) >= 11 is 0. The quantitative estimate of drug-likeness (QED) is 0.323. The Morgan fingerprint density at radius 3 is 2.27 bits per heavy atom. The maximum Gasteiger partial charge on any atom is 0.229 e. The number of hydrogen-bond acceptors (Lipinski definition) is 5. The van der Waals surface area contributed by atoms with Crippen LogP contribution in [0.25, 0.3) is 0 Å². The molecule has 1 heterocycles. The Kier molecular flexibility index (Phi) is 8.34. The molecule has 144 valence electrons. The highest BCUT2D eigenvalue weighted by atomic mass is 127. The number of aliphatic imine (C=N–C) groups is 1. The lowest BCUT2D eigenvalue weighted by molar-refractivity contribution is 0.392. The van der Waals surface area contributed by atoms with Crippen LogP contribution in [0.1, 0.15) is 22.6 Å². The highest BCUT2D eigenvalue weighted by Gasteiger charge is 2.09. The Labute approximate surface area is 170 Å². The molecule has 0 atom stereocenters. The van der Waals surface area contributed by atoms with E-state index in [1.165, 1.54) is 0 Å². The first-order valence-electron chi connectivity index (χ1n) is 7.71. The molecule has 0 aliphatic carbocycles. The molecule has 1 aromatic carbocycles. The van der Waals surface area contributed by atoms with Gasteiger partial charge in [-0.3, -0.25) is 9.71 Å². The van der Waals surface area contributed by atoms with Crippen LogP contribution in [0.5, 0.6) is 0 Å². The molecule has 0 radical (unpaired) electrons. The number of benzene rings is 1. The first-order chi connectivity index (χ1) is 11.8. The molecule has 2 rings (SSSR count). The van der Waals surface area contributed by atoms with E-state index < -0.39 is 10.0 Å². The molecule has 0 fully saturated rings. The van der Waals surface area contributed by atoms with Gasteiger partial charge >= 0.3 is 0 Å². The molecule has 0 unspecified atom stereocenters. The van der Waals surface area contributed by atoms with E-state index in [0.717, 1.165) is 28.8 Å². The number of rotatable bonds is 6. The van der Waals surface area contributed by atoms with Gasteiger partial charge in [-0.05, 0) is 31.5 Å². The van der Waals surface area contributed by atoms with Crippen molar-refractivity contribution in [3.63, 3.8) is 0 Å². The minimum absolute atomic E-state index is 0. The number of halogens is 1. The van der Waals surface area contributed by atoms with Gasteiger partial charge in [0.2, 0.25) is 10.0 Å². The molecule has 2 aromatic rings. The minimum atomic E-state index is -3.26. The number of aromatic nitrogens is 1. The summed E-state index contributed by atoms with van der Waals surface area (Å²) in [7, 11) is -1.57. The number of guanidine groups is 1. The molecule has 0 amide bonds. The highest BCUT2D eigenvalue weighted by molar-refractivity contribution is 14.0.